The Labute approximate surface area is 317 Å². The number of imide groups is 2. The van der Waals surface area contributed by atoms with Crippen molar-refractivity contribution in [1.82, 2.24) is 19.8 Å². The highest BCUT2D eigenvalue weighted by Gasteiger charge is 2.49. The second-order valence-electron chi connectivity index (χ2n) is 14.5. The molecule has 0 bridgehead atoms. The Kier molecular flexibility index (Phi) is 13.7. The van der Waals surface area contributed by atoms with Crippen molar-refractivity contribution in [2.75, 3.05) is 14.2 Å². The van der Waals surface area contributed by atoms with Crippen molar-refractivity contribution < 1.29 is 74.1 Å². The van der Waals surface area contributed by atoms with Gasteiger partial charge in [0.1, 0.15) is 34.7 Å². The fraction of sp³-hybridized carbons (Fsp3) is 0.500. The van der Waals surface area contributed by atoms with E-state index in [-0.39, 0.29) is 36.0 Å². The topological polar surface area (TPSA) is 172 Å². The van der Waals surface area contributed by atoms with Gasteiger partial charge in [-0.15, -0.1) is 0 Å². The highest BCUT2D eigenvalue weighted by Crippen LogP contribution is 2.34. The lowest BCUT2D eigenvalue weighted by molar-refractivity contribution is -0.148. The second kappa shape index (κ2) is 17.1. The van der Waals surface area contributed by atoms with E-state index in [1.165, 1.54) is 18.2 Å². The standard InChI is InChI=1S/C18H21F3N2O5.C18H19F3N2O5/c2*1-17(2,3)28-16(26)23-12(15(25)27-4)9-11(14(23)24)7-10-5-6-22-13(8-10)18(19,20)21/h5-6,8,11-12H,7,9H2,1-4H3;5-8,12H,9H2,1-4H3/t11-,12+;12-/m10/s1. The summed E-state index contributed by atoms with van der Waals surface area (Å²) in [5.41, 5.74) is -3.78. The summed E-state index contributed by atoms with van der Waals surface area (Å²) in [7, 11) is 2.21. The van der Waals surface area contributed by atoms with Crippen molar-refractivity contribution in [3.63, 3.8) is 0 Å². The molecule has 20 heteroatoms. The average molecular weight is 803 g/mol. The van der Waals surface area contributed by atoms with E-state index in [0.29, 0.717) is 9.80 Å². The number of amides is 4. The van der Waals surface area contributed by atoms with Crippen LogP contribution in [0.1, 0.15) is 76.9 Å². The average Bonchev–Trinajstić information content (AvgIpc) is 3.57. The van der Waals surface area contributed by atoms with Crippen molar-refractivity contribution in [2.45, 2.75) is 96.4 Å². The van der Waals surface area contributed by atoms with Crippen LogP contribution in [0.25, 0.3) is 6.08 Å². The van der Waals surface area contributed by atoms with Crippen LogP contribution >= 0.6 is 0 Å². The summed E-state index contributed by atoms with van der Waals surface area (Å²) in [5.74, 6) is -4.05. The van der Waals surface area contributed by atoms with E-state index in [4.69, 9.17) is 9.47 Å². The first-order valence-electron chi connectivity index (χ1n) is 16.7. The van der Waals surface area contributed by atoms with E-state index in [9.17, 15) is 55.1 Å². The molecule has 0 N–H and O–H groups in total. The summed E-state index contributed by atoms with van der Waals surface area (Å²) < 4.78 is 96.6. The maximum absolute atomic E-state index is 12.8. The highest BCUT2D eigenvalue weighted by molar-refractivity contribution is 6.11. The van der Waals surface area contributed by atoms with Gasteiger partial charge >= 0.3 is 36.5 Å². The summed E-state index contributed by atoms with van der Waals surface area (Å²) in [6.07, 6.45) is -8.54. The maximum Gasteiger partial charge on any atom is 0.433 e. The third kappa shape index (κ3) is 11.7. The van der Waals surface area contributed by atoms with Crippen LogP contribution in [0.2, 0.25) is 0 Å². The first kappa shape index (κ1) is 44.8. The van der Waals surface area contributed by atoms with E-state index in [2.05, 4.69) is 19.4 Å². The van der Waals surface area contributed by atoms with Gasteiger partial charge in [-0.25, -0.2) is 29.0 Å². The van der Waals surface area contributed by atoms with Gasteiger partial charge in [0.25, 0.3) is 5.91 Å². The Bertz CT molecular complexity index is 1870. The predicted molar refractivity (Wildman–Crippen MR) is 181 cm³/mol. The number of carbonyl (C=O) groups is 6. The number of pyridine rings is 2. The predicted octanol–water partition coefficient (Wildman–Crippen LogP) is 6.16. The summed E-state index contributed by atoms with van der Waals surface area (Å²) in [6.45, 7) is 9.57. The third-order valence-electron chi connectivity index (χ3n) is 7.76. The van der Waals surface area contributed by atoms with E-state index in [1.807, 2.05) is 0 Å². The summed E-state index contributed by atoms with van der Waals surface area (Å²) in [5, 5.41) is 0. The molecule has 0 spiro atoms. The number of methoxy groups -OCH3 is 2. The van der Waals surface area contributed by atoms with Crippen LogP contribution in [0.5, 0.6) is 0 Å². The van der Waals surface area contributed by atoms with Crippen LogP contribution in [0.3, 0.4) is 0 Å². The van der Waals surface area contributed by atoms with Gasteiger partial charge in [0.15, 0.2) is 0 Å². The summed E-state index contributed by atoms with van der Waals surface area (Å²) in [4.78, 5) is 82.1. The minimum Gasteiger partial charge on any atom is -0.467 e. The lowest BCUT2D eigenvalue weighted by Crippen LogP contribution is -2.46. The number of aromatic nitrogens is 2. The van der Waals surface area contributed by atoms with Crippen LogP contribution in [0.4, 0.5) is 35.9 Å². The molecule has 4 amide bonds. The zero-order valence-corrected chi connectivity index (χ0v) is 31.5. The smallest absolute Gasteiger partial charge is 0.433 e. The molecule has 2 aliphatic rings. The second-order valence-corrected chi connectivity index (χ2v) is 14.5. The SMILES string of the molecule is COC(=O)[C@@H]1CC(=Cc2ccnc(C(F)(F)F)c2)C(=O)N1C(=O)OC(C)(C)C.COC(=O)[C@@H]1C[C@@H](Cc2ccnc(C(F)(F)F)c2)C(=O)N1C(=O)OC(C)(C)C. The Morgan fingerprint density at radius 1 is 0.750 bits per heavy atom. The Morgan fingerprint density at radius 2 is 1.23 bits per heavy atom. The monoisotopic (exact) mass is 802 g/mol. The molecule has 56 heavy (non-hydrogen) atoms. The number of rotatable bonds is 5. The van der Waals surface area contributed by atoms with Gasteiger partial charge in [-0.2, -0.15) is 26.3 Å². The molecular formula is C36H40F6N4O10. The molecule has 4 rings (SSSR count). The number of carbonyl (C=O) groups excluding carboxylic acids is 6. The molecule has 0 aromatic carbocycles. The molecule has 2 aliphatic heterocycles. The maximum atomic E-state index is 12.8. The molecule has 0 saturated carbocycles. The Hall–Kier alpha value is -5.56. The number of esters is 2. The number of hydrogen-bond donors (Lipinski definition) is 0. The van der Waals surface area contributed by atoms with Crippen LogP contribution in [0.15, 0.2) is 42.2 Å². The van der Waals surface area contributed by atoms with Crippen molar-refractivity contribution in [3.05, 3.63) is 64.7 Å². The number of halogens is 6. The Balaban J connectivity index is 0.000000300. The van der Waals surface area contributed by atoms with Gasteiger partial charge in [-0.3, -0.25) is 19.6 Å². The van der Waals surface area contributed by atoms with E-state index < -0.39 is 88.9 Å². The molecule has 3 atom stereocenters. The lowest BCUT2D eigenvalue weighted by Gasteiger charge is -2.26. The van der Waals surface area contributed by atoms with Gasteiger partial charge in [0.05, 0.1) is 14.2 Å². The molecule has 0 unspecified atom stereocenters. The van der Waals surface area contributed by atoms with E-state index >= 15 is 0 Å². The van der Waals surface area contributed by atoms with Crippen molar-refractivity contribution in [1.29, 1.82) is 0 Å². The number of likely N-dealkylation sites (tertiary alicyclic amines) is 2. The number of ether oxygens (including phenoxy) is 4. The van der Waals surface area contributed by atoms with E-state index in [0.717, 1.165) is 38.7 Å². The zero-order valence-electron chi connectivity index (χ0n) is 31.5. The minimum absolute atomic E-state index is 0.0272. The molecule has 0 radical (unpaired) electrons. The quantitative estimate of drug-likeness (QED) is 0.146. The van der Waals surface area contributed by atoms with Gasteiger partial charge in [0.2, 0.25) is 5.91 Å². The van der Waals surface area contributed by atoms with Crippen LogP contribution < -0.4 is 0 Å². The first-order valence-corrected chi connectivity index (χ1v) is 16.7. The third-order valence-corrected chi connectivity index (χ3v) is 7.76. The molecule has 4 heterocycles. The molecule has 306 valence electrons. The fourth-order valence-electron chi connectivity index (χ4n) is 5.45. The van der Waals surface area contributed by atoms with Gasteiger partial charge in [-0.1, -0.05) is 0 Å². The molecule has 2 aromatic rings. The van der Waals surface area contributed by atoms with Crippen LogP contribution in [-0.4, -0.2) is 93.2 Å². The largest absolute Gasteiger partial charge is 0.467 e. The van der Waals surface area contributed by atoms with Gasteiger partial charge < -0.3 is 18.9 Å². The minimum atomic E-state index is -4.65. The van der Waals surface area contributed by atoms with Crippen LogP contribution in [-0.2, 0) is 56.9 Å². The van der Waals surface area contributed by atoms with Gasteiger partial charge in [0, 0.05) is 30.3 Å². The molecular weight excluding hydrogens is 762 g/mol. The number of hydrogen-bond acceptors (Lipinski definition) is 12. The van der Waals surface area contributed by atoms with Crippen molar-refractivity contribution >= 4 is 42.0 Å². The van der Waals surface area contributed by atoms with Crippen molar-refractivity contribution in [2.24, 2.45) is 5.92 Å². The molecule has 2 aromatic heterocycles. The Morgan fingerprint density at radius 3 is 1.73 bits per heavy atom. The first-order chi connectivity index (χ1) is 25.7. The van der Waals surface area contributed by atoms with E-state index in [1.54, 1.807) is 41.5 Å². The molecule has 2 saturated heterocycles. The van der Waals surface area contributed by atoms with Crippen LogP contribution in [0, 0.1) is 5.92 Å². The normalized spacial score (nSPS) is 19.7. The zero-order chi connectivity index (χ0) is 42.6. The molecule has 2 fully saturated rings. The lowest BCUT2D eigenvalue weighted by atomic mass is 9.96. The summed E-state index contributed by atoms with van der Waals surface area (Å²) >= 11 is 0. The highest BCUT2D eigenvalue weighted by atomic mass is 19.4. The summed E-state index contributed by atoms with van der Waals surface area (Å²) in [6, 6.07) is 1.79. The van der Waals surface area contributed by atoms with Gasteiger partial charge in [-0.05, 0) is 95.9 Å². The molecule has 14 nitrogen and oxygen atoms in total. The fourth-order valence-corrected chi connectivity index (χ4v) is 5.45. The van der Waals surface area contributed by atoms with Crippen molar-refractivity contribution in [3.8, 4) is 0 Å². The number of nitrogens with zero attached hydrogens (tertiary/aromatic N) is 4. The molecule has 0 aliphatic carbocycles. The number of alkyl halides is 6.